The number of hydrogen-bond donors (Lipinski definition) is 0. The normalized spacial score (nSPS) is 11.0. The molecule has 0 heterocycles. The van der Waals surface area contributed by atoms with Gasteiger partial charge in [0.05, 0.1) is 15.4 Å². The molecule has 0 radical (unpaired) electrons. The summed E-state index contributed by atoms with van der Waals surface area (Å²) in [6.07, 6.45) is 0. The van der Waals surface area contributed by atoms with Gasteiger partial charge in [0.25, 0.3) is 5.69 Å². The second kappa shape index (κ2) is 8.01. The molecule has 0 fully saturated rings. The van der Waals surface area contributed by atoms with Crippen molar-refractivity contribution in [3.63, 3.8) is 0 Å². The maximum atomic E-state index is 13.0. The lowest BCUT2D eigenvalue weighted by molar-refractivity contribution is -0.387. The summed E-state index contributed by atoms with van der Waals surface area (Å²) < 4.78 is 31.3. The van der Waals surface area contributed by atoms with E-state index in [1.165, 1.54) is 36.4 Å². The van der Waals surface area contributed by atoms with Crippen LogP contribution in [0.15, 0.2) is 88.7 Å². The number of benzene rings is 3. The molecule has 0 unspecified atom stereocenters. The third-order valence-electron chi connectivity index (χ3n) is 3.96. The van der Waals surface area contributed by atoms with Crippen LogP contribution in [0.2, 0.25) is 0 Å². The molecule has 0 N–H and O–H groups in total. The molecule has 142 valence electrons. The van der Waals surface area contributed by atoms with Crippen molar-refractivity contribution in [2.75, 3.05) is 0 Å². The highest BCUT2D eigenvalue weighted by atomic mass is 32.2. The van der Waals surface area contributed by atoms with Crippen molar-refractivity contribution in [2.45, 2.75) is 16.4 Å². The van der Waals surface area contributed by atoms with Gasteiger partial charge in [-0.3, -0.25) is 10.1 Å². The van der Waals surface area contributed by atoms with Crippen LogP contribution in [0.3, 0.4) is 0 Å². The van der Waals surface area contributed by atoms with Gasteiger partial charge in [-0.2, -0.15) is 0 Å². The van der Waals surface area contributed by atoms with E-state index in [0.29, 0.717) is 0 Å². The minimum Gasteiger partial charge on any atom is -0.457 e. The van der Waals surface area contributed by atoms with Crippen LogP contribution in [-0.4, -0.2) is 19.3 Å². The van der Waals surface area contributed by atoms with Crippen molar-refractivity contribution in [3.8, 4) is 0 Å². The van der Waals surface area contributed by atoms with Gasteiger partial charge in [0, 0.05) is 6.07 Å². The Balaban J connectivity index is 1.98. The molecule has 0 atom stereocenters. The van der Waals surface area contributed by atoms with Crippen molar-refractivity contribution in [2.24, 2.45) is 0 Å². The van der Waals surface area contributed by atoms with Crippen molar-refractivity contribution in [1.82, 2.24) is 0 Å². The Morgan fingerprint density at radius 1 is 0.857 bits per heavy atom. The summed E-state index contributed by atoms with van der Waals surface area (Å²) in [5.74, 6) is -0.832. The summed E-state index contributed by atoms with van der Waals surface area (Å²) in [6.45, 7) is -0.0282. The van der Waals surface area contributed by atoms with Crippen LogP contribution in [0.5, 0.6) is 0 Å². The summed E-state index contributed by atoms with van der Waals surface area (Å²) in [4.78, 5) is 22.1. The number of nitrogens with zero attached hydrogens (tertiary/aromatic N) is 1. The standard InChI is InChI=1S/C20H15NO6S/c22-20(27-14-15-8-2-1-3-9-15)16-10-4-6-12-18(16)28(25,26)19-13-7-5-11-17(19)21(23)24/h1-13H,14H2. The van der Waals surface area contributed by atoms with Gasteiger partial charge in [-0.25, -0.2) is 13.2 Å². The maximum Gasteiger partial charge on any atom is 0.339 e. The number of para-hydroxylation sites is 1. The van der Waals surface area contributed by atoms with Gasteiger partial charge in [0.1, 0.15) is 11.5 Å². The number of ether oxygens (including phenoxy) is 1. The smallest absolute Gasteiger partial charge is 0.339 e. The van der Waals surface area contributed by atoms with Gasteiger partial charge in [0.15, 0.2) is 0 Å². The van der Waals surface area contributed by atoms with Gasteiger partial charge >= 0.3 is 5.97 Å². The Morgan fingerprint density at radius 3 is 2.11 bits per heavy atom. The average Bonchev–Trinajstić information content (AvgIpc) is 2.72. The quantitative estimate of drug-likeness (QED) is 0.356. The molecule has 3 aromatic rings. The van der Waals surface area contributed by atoms with Gasteiger partial charge in [0.2, 0.25) is 9.84 Å². The molecule has 0 saturated carbocycles. The molecule has 7 nitrogen and oxygen atoms in total. The number of nitro groups is 1. The maximum absolute atomic E-state index is 13.0. The number of esters is 1. The van der Waals surface area contributed by atoms with Crippen molar-refractivity contribution in [3.05, 3.63) is 100 Å². The zero-order valence-electron chi connectivity index (χ0n) is 14.5. The predicted molar refractivity (Wildman–Crippen MR) is 101 cm³/mol. The SMILES string of the molecule is O=C(OCc1ccccc1)c1ccccc1S(=O)(=O)c1ccccc1[N+](=O)[O-]. The summed E-state index contributed by atoms with van der Waals surface area (Å²) >= 11 is 0. The highest BCUT2D eigenvalue weighted by Crippen LogP contribution is 2.31. The molecule has 3 aromatic carbocycles. The Hall–Kier alpha value is -3.52. The third kappa shape index (κ3) is 3.91. The van der Waals surface area contributed by atoms with Gasteiger partial charge in [-0.15, -0.1) is 0 Å². The van der Waals surface area contributed by atoms with E-state index in [9.17, 15) is 23.3 Å². The topological polar surface area (TPSA) is 104 Å². The van der Waals surface area contributed by atoms with Crippen LogP contribution >= 0.6 is 0 Å². The minimum absolute atomic E-state index is 0.0282. The molecule has 8 heteroatoms. The molecular weight excluding hydrogens is 382 g/mol. The first-order chi connectivity index (χ1) is 13.4. The van der Waals surface area contributed by atoms with E-state index in [1.807, 2.05) is 6.07 Å². The lowest BCUT2D eigenvalue weighted by Gasteiger charge is -2.11. The predicted octanol–water partition coefficient (Wildman–Crippen LogP) is 3.78. The van der Waals surface area contributed by atoms with Crippen molar-refractivity contribution in [1.29, 1.82) is 0 Å². The summed E-state index contributed by atoms with van der Waals surface area (Å²) in [5, 5.41) is 11.2. The van der Waals surface area contributed by atoms with Crippen LogP contribution < -0.4 is 0 Å². The zero-order chi connectivity index (χ0) is 20.1. The molecule has 28 heavy (non-hydrogen) atoms. The summed E-state index contributed by atoms with van der Waals surface area (Å²) in [7, 11) is -4.32. The van der Waals surface area contributed by atoms with Crippen LogP contribution in [-0.2, 0) is 21.2 Å². The molecule has 0 aromatic heterocycles. The fraction of sp³-hybridized carbons (Fsp3) is 0.0500. The molecule has 0 spiro atoms. The van der Waals surface area contributed by atoms with E-state index in [-0.39, 0.29) is 17.1 Å². The first-order valence-corrected chi connectivity index (χ1v) is 9.68. The highest BCUT2D eigenvalue weighted by Gasteiger charge is 2.30. The van der Waals surface area contributed by atoms with E-state index in [0.717, 1.165) is 17.7 Å². The monoisotopic (exact) mass is 397 g/mol. The van der Waals surface area contributed by atoms with Crippen LogP contribution in [0.1, 0.15) is 15.9 Å². The summed E-state index contributed by atoms with van der Waals surface area (Å²) in [5.41, 5.74) is 0.00132. The lowest BCUT2D eigenvalue weighted by Crippen LogP contribution is -2.13. The largest absolute Gasteiger partial charge is 0.457 e. The fourth-order valence-corrected chi connectivity index (χ4v) is 4.24. The number of hydrogen-bond acceptors (Lipinski definition) is 6. The highest BCUT2D eigenvalue weighted by molar-refractivity contribution is 7.91. The molecule has 0 amide bonds. The Bertz CT molecular complexity index is 1130. The molecule has 0 aliphatic heterocycles. The van der Waals surface area contributed by atoms with Gasteiger partial charge in [-0.1, -0.05) is 54.6 Å². The lowest BCUT2D eigenvalue weighted by atomic mass is 10.2. The second-order valence-corrected chi connectivity index (χ2v) is 7.67. The summed E-state index contributed by atoms with van der Waals surface area (Å²) in [6, 6.07) is 19.4. The van der Waals surface area contributed by atoms with Crippen molar-refractivity contribution >= 4 is 21.5 Å². The zero-order valence-corrected chi connectivity index (χ0v) is 15.3. The van der Waals surface area contributed by atoms with Crippen LogP contribution in [0, 0.1) is 10.1 Å². The molecular formula is C20H15NO6S. The fourth-order valence-electron chi connectivity index (χ4n) is 2.62. The molecule has 0 saturated heterocycles. The van der Waals surface area contributed by atoms with E-state index in [1.54, 1.807) is 24.3 Å². The van der Waals surface area contributed by atoms with E-state index >= 15 is 0 Å². The molecule has 0 aliphatic rings. The van der Waals surface area contributed by atoms with E-state index in [4.69, 9.17) is 4.74 Å². The Labute approximate surface area is 161 Å². The molecule has 3 rings (SSSR count). The Kier molecular flexibility index (Phi) is 5.51. The van der Waals surface area contributed by atoms with Gasteiger partial charge in [-0.05, 0) is 23.8 Å². The number of carbonyl (C=O) groups is 1. The minimum atomic E-state index is -4.32. The second-order valence-electron chi connectivity index (χ2n) is 5.79. The average molecular weight is 397 g/mol. The van der Waals surface area contributed by atoms with Gasteiger partial charge < -0.3 is 4.74 Å². The van der Waals surface area contributed by atoms with Crippen LogP contribution in [0.25, 0.3) is 0 Å². The Morgan fingerprint density at radius 2 is 1.43 bits per heavy atom. The molecule has 0 aliphatic carbocycles. The first-order valence-electron chi connectivity index (χ1n) is 8.20. The van der Waals surface area contributed by atoms with Crippen molar-refractivity contribution < 1.29 is 22.9 Å². The first kappa shape index (κ1) is 19.2. The number of sulfone groups is 1. The van der Waals surface area contributed by atoms with Crippen LogP contribution in [0.4, 0.5) is 5.69 Å². The number of carbonyl (C=O) groups excluding carboxylic acids is 1. The number of nitro benzene ring substituents is 1. The number of rotatable bonds is 6. The molecule has 0 bridgehead atoms. The third-order valence-corrected chi connectivity index (χ3v) is 5.82. The van der Waals surface area contributed by atoms with E-state index < -0.39 is 31.3 Å². The van der Waals surface area contributed by atoms with E-state index in [2.05, 4.69) is 0 Å².